The Labute approximate surface area is 154 Å². The van der Waals surface area contributed by atoms with Crippen molar-refractivity contribution < 1.29 is 19.1 Å². The molecule has 7 nitrogen and oxygen atoms in total. The number of rotatable bonds is 5. The first-order valence-corrected chi connectivity index (χ1v) is 8.01. The SMILES string of the molecule is COc1ccc(C(=O)N2CCN(C(=O)CC(C)N)CC2)cc1OC.Cl. The summed E-state index contributed by atoms with van der Waals surface area (Å²) in [5.74, 6) is 1.08. The molecule has 1 fully saturated rings. The van der Waals surface area contributed by atoms with Gasteiger partial charge in [-0.1, -0.05) is 0 Å². The van der Waals surface area contributed by atoms with E-state index in [-0.39, 0.29) is 30.3 Å². The second kappa shape index (κ2) is 9.48. The zero-order valence-electron chi connectivity index (χ0n) is 14.9. The third-order valence-corrected chi connectivity index (χ3v) is 4.05. The molecule has 1 aromatic rings. The molecule has 2 N–H and O–H groups in total. The number of hydrogen-bond acceptors (Lipinski definition) is 5. The zero-order valence-corrected chi connectivity index (χ0v) is 15.7. The molecule has 0 aromatic heterocycles. The van der Waals surface area contributed by atoms with Gasteiger partial charge >= 0.3 is 0 Å². The molecule has 25 heavy (non-hydrogen) atoms. The lowest BCUT2D eigenvalue weighted by molar-refractivity contribution is -0.132. The van der Waals surface area contributed by atoms with Crippen LogP contribution >= 0.6 is 12.4 Å². The Morgan fingerprint density at radius 1 is 1.08 bits per heavy atom. The number of carbonyl (C=O) groups excluding carboxylic acids is 2. The monoisotopic (exact) mass is 371 g/mol. The van der Waals surface area contributed by atoms with Gasteiger partial charge in [0, 0.05) is 44.2 Å². The molecule has 140 valence electrons. The van der Waals surface area contributed by atoms with E-state index in [1.54, 1.807) is 35.1 Å². The van der Waals surface area contributed by atoms with E-state index >= 15 is 0 Å². The van der Waals surface area contributed by atoms with Crippen molar-refractivity contribution in [2.75, 3.05) is 40.4 Å². The highest BCUT2D eigenvalue weighted by molar-refractivity contribution is 5.95. The molecule has 0 bridgehead atoms. The molecule has 2 amide bonds. The molecule has 1 atom stereocenters. The summed E-state index contributed by atoms with van der Waals surface area (Å²) in [7, 11) is 3.09. The van der Waals surface area contributed by atoms with Crippen molar-refractivity contribution in [1.82, 2.24) is 9.80 Å². The standard InChI is InChI=1S/C17H25N3O4.ClH/c1-12(18)10-16(21)19-6-8-20(9-7-19)17(22)13-4-5-14(23-2)15(11-13)24-3;/h4-5,11-12H,6-10,18H2,1-3H3;1H. The molecule has 1 heterocycles. The number of piperazine rings is 1. The summed E-state index contributed by atoms with van der Waals surface area (Å²) < 4.78 is 10.4. The number of nitrogens with two attached hydrogens (primary N) is 1. The average molecular weight is 372 g/mol. The highest BCUT2D eigenvalue weighted by Crippen LogP contribution is 2.28. The van der Waals surface area contributed by atoms with Crippen LogP contribution in [0.2, 0.25) is 0 Å². The maximum Gasteiger partial charge on any atom is 0.254 e. The van der Waals surface area contributed by atoms with Gasteiger partial charge in [0.25, 0.3) is 5.91 Å². The van der Waals surface area contributed by atoms with Gasteiger partial charge in [-0.15, -0.1) is 12.4 Å². The van der Waals surface area contributed by atoms with Crippen LogP contribution < -0.4 is 15.2 Å². The Balaban J connectivity index is 0.00000312. The molecule has 1 saturated heterocycles. The minimum absolute atomic E-state index is 0. The fraction of sp³-hybridized carbons (Fsp3) is 0.529. The number of nitrogens with zero attached hydrogens (tertiary/aromatic N) is 2. The molecule has 8 heteroatoms. The first-order chi connectivity index (χ1) is 11.5. The van der Waals surface area contributed by atoms with E-state index in [2.05, 4.69) is 0 Å². The zero-order chi connectivity index (χ0) is 17.7. The van der Waals surface area contributed by atoms with E-state index < -0.39 is 0 Å². The van der Waals surface area contributed by atoms with E-state index in [1.165, 1.54) is 7.11 Å². The number of methoxy groups -OCH3 is 2. The van der Waals surface area contributed by atoms with Crippen LogP contribution in [0.5, 0.6) is 11.5 Å². The molecular weight excluding hydrogens is 346 g/mol. The second-order valence-corrected chi connectivity index (χ2v) is 5.92. The predicted molar refractivity (Wildman–Crippen MR) is 97.5 cm³/mol. The van der Waals surface area contributed by atoms with Gasteiger partial charge in [-0.25, -0.2) is 0 Å². The third kappa shape index (κ3) is 5.24. The van der Waals surface area contributed by atoms with E-state index in [0.717, 1.165) is 0 Å². The van der Waals surface area contributed by atoms with Gasteiger partial charge in [0.2, 0.25) is 5.91 Å². The molecule has 2 rings (SSSR count). The van der Waals surface area contributed by atoms with E-state index in [1.807, 2.05) is 6.92 Å². The highest BCUT2D eigenvalue weighted by Gasteiger charge is 2.25. The summed E-state index contributed by atoms with van der Waals surface area (Å²) in [6.07, 6.45) is 0.337. The van der Waals surface area contributed by atoms with Gasteiger partial charge in [0.05, 0.1) is 14.2 Å². The predicted octanol–water partition coefficient (Wildman–Crippen LogP) is 1.15. The van der Waals surface area contributed by atoms with Crippen LogP contribution in [-0.4, -0.2) is 68.1 Å². The van der Waals surface area contributed by atoms with E-state index in [4.69, 9.17) is 15.2 Å². The molecule has 1 unspecified atom stereocenters. The van der Waals surface area contributed by atoms with Crippen molar-refractivity contribution in [1.29, 1.82) is 0 Å². The first kappa shape index (κ1) is 21.1. The normalized spacial score (nSPS) is 15.2. The van der Waals surface area contributed by atoms with Gasteiger partial charge in [-0.2, -0.15) is 0 Å². The molecule has 0 radical (unpaired) electrons. The van der Waals surface area contributed by atoms with Crippen molar-refractivity contribution in [3.05, 3.63) is 23.8 Å². The van der Waals surface area contributed by atoms with E-state index in [9.17, 15) is 9.59 Å². The number of amides is 2. The molecule has 0 aliphatic carbocycles. The van der Waals surface area contributed by atoms with Crippen molar-refractivity contribution in [3.8, 4) is 11.5 Å². The van der Waals surface area contributed by atoms with Gasteiger partial charge in [0.15, 0.2) is 11.5 Å². The summed E-state index contributed by atoms with van der Waals surface area (Å²) >= 11 is 0. The quantitative estimate of drug-likeness (QED) is 0.839. The van der Waals surface area contributed by atoms with Crippen molar-refractivity contribution in [3.63, 3.8) is 0 Å². The van der Waals surface area contributed by atoms with Gasteiger partial charge in [0.1, 0.15) is 0 Å². The van der Waals surface area contributed by atoms with Crippen LogP contribution in [0.15, 0.2) is 18.2 Å². The number of hydrogen-bond donors (Lipinski definition) is 1. The second-order valence-electron chi connectivity index (χ2n) is 5.92. The fourth-order valence-electron chi connectivity index (χ4n) is 2.72. The van der Waals surface area contributed by atoms with Gasteiger partial charge < -0.3 is 25.0 Å². The molecule has 0 saturated carbocycles. The Kier molecular flexibility index (Phi) is 7.99. The number of halogens is 1. The lowest BCUT2D eigenvalue weighted by Gasteiger charge is -2.35. The lowest BCUT2D eigenvalue weighted by Crippen LogP contribution is -2.51. The Morgan fingerprint density at radius 3 is 2.16 bits per heavy atom. The van der Waals surface area contributed by atoms with Crippen LogP contribution in [0.4, 0.5) is 0 Å². The molecule has 1 aromatic carbocycles. The molecular formula is C17H26ClN3O4. The fourth-order valence-corrected chi connectivity index (χ4v) is 2.72. The highest BCUT2D eigenvalue weighted by atomic mass is 35.5. The van der Waals surface area contributed by atoms with Crippen LogP contribution in [-0.2, 0) is 4.79 Å². The van der Waals surface area contributed by atoms with Crippen LogP contribution in [0.25, 0.3) is 0 Å². The molecule has 0 spiro atoms. The topological polar surface area (TPSA) is 85.1 Å². The maximum atomic E-state index is 12.6. The maximum absolute atomic E-state index is 12.6. The van der Waals surface area contributed by atoms with Crippen molar-refractivity contribution in [2.24, 2.45) is 5.73 Å². The average Bonchev–Trinajstić information content (AvgIpc) is 2.60. The Bertz CT molecular complexity index is 602. The van der Waals surface area contributed by atoms with Crippen LogP contribution in [0.3, 0.4) is 0 Å². The lowest BCUT2D eigenvalue weighted by atomic mass is 10.1. The number of ether oxygens (including phenoxy) is 2. The van der Waals surface area contributed by atoms with E-state index in [0.29, 0.717) is 49.7 Å². The van der Waals surface area contributed by atoms with Crippen molar-refractivity contribution >= 4 is 24.2 Å². The number of carbonyl (C=O) groups is 2. The minimum Gasteiger partial charge on any atom is -0.493 e. The molecule has 1 aliphatic heterocycles. The third-order valence-electron chi connectivity index (χ3n) is 4.05. The van der Waals surface area contributed by atoms with Crippen LogP contribution in [0.1, 0.15) is 23.7 Å². The van der Waals surface area contributed by atoms with Gasteiger partial charge in [-0.3, -0.25) is 9.59 Å². The Morgan fingerprint density at radius 2 is 1.64 bits per heavy atom. The van der Waals surface area contributed by atoms with Crippen LogP contribution in [0, 0.1) is 0 Å². The first-order valence-electron chi connectivity index (χ1n) is 8.01. The van der Waals surface area contributed by atoms with Gasteiger partial charge in [-0.05, 0) is 25.1 Å². The summed E-state index contributed by atoms with van der Waals surface area (Å²) in [6, 6.07) is 4.96. The van der Waals surface area contributed by atoms with Crippen molar-refractivity contribution in [2.45, 2.75) is 19.4 Å². The summed E-state index contributed by atoms with van der Waals surface area (Å²) in [5.41, 5.74) is 6.21. The largest absolute Gasteiger partial charge is 0.493 e. The Hall–Kier alpha value is -1.99. The summed E-state index contributed by atoms with van der Waals surface area (Å²) in [4.78, 5) is 28.2. The smallest absolute Gasteiger partial charge is 0.254 e. The summed E-state index contributed by atoms with van der Waals surface area (Å²) in [5, 5.41) is 0. The molecule has 1 aliphatic rings. The number of benzene rings is 1. The summed E-state index contributed by atoms with van der Waals surface area (Å²) in [6.45, 7) is 3.90. The minimum atomic E-state index is -0.149.